The summed E-state index contributed by atoms with van der Waals surface area (Å²) in [6.45, 7) is 2.69. The standard InChI is InChI=1S/C20H22BN3O3S/c1-2-3-11-27-19-10-9-17(21(25)26)12-16(19)13-22-24-20-23-18(14-28-20)15-7-5-4-6-8-15/h4-10,12-14,25-26H,2-3,11H2,1H3,(H,23,24). The quantitative estimate of drug-likeness (QED) is 0.224. The first-order valence-electron chi connectivity index (χ1n) is 9.10. The van der Waals surface area contributed by atoms with Crippen LogP contribution in [0.25, 0.3) is 11.3 Å². The SMILES string of the molecule is CCCCOc1ccc(B(O)O)cc1C=NNc1nc(-c2ccccc2)cs1. The molecule has 3 aromatic rings. The molecule has 0 saturated heterocycles. The van der Waals surface area contributed by atoms with Crippen molar-refractivity contribution in [3.63, 3.8) is 0 Å². The molecule has 0 saturated carbocycles. The maximum absolute atomic E-state index is 9.41. The number of hydrogen-bond donors (Lipinski definition) is 3. The van der Waals surface area contributed by atoms with Crippen LogP contribution in [0.1, 0.15) is 25.3 Å². The van der Waals surface area contributed by atoms with Crippen LogP contribution in [-0.2, 0) is 0 Å². The van der Waals surface area contributed by atoms with Crippen molar-refractivity contribution in [1.82, 2.24) is 4.98 Å². The number of anilines is 1. The van der Waals surface area contributed by atoms with E-state index in [1.54, 1.807) is 24.4 Å². The minimum Gasteiger partial charge on any atom is -0.493 e. The second-order valence-electron chi connectivity index (χ2n) is 6.15. The maximum Gasteiger partial charge on any atom is 0.488 e. The first-order chi connectivity index (χ1) is 13.7. The number of rotatable bonds is 9. The number of ether oxygens (including phenoxy) is 1. The van der Waals surface area contributed by atoms with Crippen LogP contribution in [0.2, 0.25) is 0 Å². The van der Waals surface area contributed by atoms with Gasteiger partial charge in [0.25, 0.3) is 0 Å². The summed E-state index contributed by atoms with van der Waals surface area (Å²) in [6, 6.07) is 14.9. The number of benzene rings is 2. The summed E-state index contributed by atoms with van der Waals surface area (Å²) in [6.07, 6.45) is 3.57. The second kappa shape index (κ2) is 10.0. The maximum atomic E-state index is 9.41. The first kappa shape index (κ1) is 20.1. The van der Waals surface area contributed by atoms with Gasteiger partial charge in [-0.3, -0.25) is 5.43 Å². The van der Waals surface area contributed by atoms with Crippen molar-refractivity contribution in [1.29, 1.82) is 0 Å². The molecule has 3 rings (SSSR count). The Balaban J connectivity index is 1.72. The van der Waals surface area contributed by atoms with Crippen LogP contribution in [0.15, 0.2) is 59.0 Å². The second-order valence-corrected chi connectivity index (χ2v) is 7.00. The molecule has 0 bridgehead atoms. The summed E-state index contributed by atoms with van der Waals surface area (Å²) in [5, 5.41) is 25.7. The molecule has 8 heteroatoms. The molecule has 2 aromatic carbocycles. The fourth-order valence-corrected chi connectivity index (χ4v) is 3.18. The fraction of sp³-hybridized carbons (Fsp3) is 0.200. The summed E-state index contributed by atoms with van der Waals surface area (Å²) in [4.78, 5) is 4.52. The van der Waals surface area contributed by atoms with E-state index in [0.717, 1.165) is 24.1 Å². The number of nitrogens with zero attached hydrogens (tertiary/aromatic N) is 2. The first-order valence-corrected chi connectivity index (χ1v) is 9.98. The lowest BCUT2D eigenvalue weighted by molar-refractivity contribution is 0.309. The van der Waals surface area contributed by atoms with Crippen molar-refractivity contribution in [3.8, 4) is 17.0 Å². The van der Waals surface area contributed by atoms with Crippen molar-refractivity contribution in [3.05, 3.63) is 59.5 Å². The van der Waals surface area contributed by atoms with Gasteiger partial charge in [-0.05, 0) is 24.0 Å². The molecule has 0 aliphatic carbocycles. The molecule has 28 heavy (non-hydrogen) atoms. The highest BCUT2D eigenvalue weighted by Crippen LogP contribution is 2.24. The van der Waals surface area contributed by atoms with E-state index < -0.39 is 7.12 Å². The molecule has 0 aliphatic rings. The topological polar surface area (TPSA) is 87.0 Å². The highest BCUT2D eigenvalue weighted by atomic mass is 32.1. The summed E-state index contributed by atoms with van der Waals surface area (Å²) in [5.74, 6) is 0.646. The van der Waals surface area contributed by atoms with Crippen molar-refractivity contribution in [2.45, 2.75) is 19.8 Å². The molecular formula is C20H22BN3O3S. The molecule has 6 nitrogen and oxygen atoms in total. The predicted octanol–water partition coefficient (Wildman–Crippen LogP) is 3.11. The molecular weight excluding hydrogens is 373 g/mol. The largest absolute Gasteiger partial charge is 0.493 e. The Labute approximate surface area is 168 Å². The smallest absolute Gasteiger partial charge is 0.488 e. The lowest BCUT2D eigenvalue weighted by Crippen LogP contribution is -2.30. The number of hydrogen-bond acceptors (Lipinski definition) is 7. The Hall–Kier alpha value is -2.68. The molecule has 1 heterocycles. The van der Waals surface area contributed by atoms with Gasteiger partial charge in [-0.2, -0.15) is 5.10 Å². The Morgan fingerprint density at radius 3 is 2.79 bits per heavy atom. The van der Waals surface area contributed by atoms with Gasteiger partial charge in [0, 0.05) is 16.5 Å². The van der Waals surface area contributed by atoms with Gasteiger partial charge < -0.3 is 14.8 Å². The van der Waals surface area contributed by atoms with Gasteiger partial charge in [-0.25, -0.2) is 4.98 Å². The molecule has 3 N–H and O–H groups in total. The van der Waals surface area contributed by atoms with E-state index in [-0.39, 0.29) is 0 Å². The third kappa shape index (κ3) is 5.42. The molecule has 0 unspecified atom stereocenters. The Morgan fingerprint density at radius 1 is 1.21 bits per heavy atom. The fourth-order valence-electron chi connectivity index (χ4n) is 2.51. The zero-order valence-electron chi connectivity index (χ0n) is 15.6. The number of hydrazone groups is 1. The lowest BCUT2D eigenvalue weighted by Gasteiger charge is -2.10. The normalized spacial score (nSPS) is 11.0. The number of nitrogens with one attached hydrogen (secondary N) is 1. The predicted molar refractivity (Wildman–Crippen MR) is 115 cm³/mol. The van der Waals surface area contributed by atoms with Crippen LogP contribution in [0.4, 0.5) is 5.13 Å². The molecule has 1 aromatic heterocycles. The van der Waals surface area contributed by atoms with Crippen LogP contribution in [0, 0.1) is 0 Å². The average Bonchev–Trinajstić information content (AvgIpc) is 3.18. The molecule has 0 amide bonds. The highest BCUT2D eigenvalue weighted by molar-refractivity contribution is 7.14. The third-order valence-corrected chi connectivity index (χ3v) is 4.77. The van der Waals surface area contributed by atoms with Crippen LogP contribution < -0.4 is 15.6 Å². The van der Waals surface area contributed by atoms with Gasteiger partial charge in [0.1, 0.15) is 5.75 Å². The van der Waals surface area contributed by atoms with Crippen LogP contribution in [0.5, 0.6) is 5.75 Å². The number of thiazole rings is 1. The van der Waals surface area contributed by atoms with Gasteiger partial charge in [0.15, 0.2) is 0 Å². The molecule has 0 fully saturated rings. The van der Waals surface area contributed by atoms with Gasteiger partial charge in [-0.1, -0.05) is 49.7 Å². The van der Waals surface area contributed by atoms with Crippen molar-refractivity contribution in [2.24, 2.45) is 5.10 Å². The zero-order chi connectivity index (χ0) is 19.8. The van der Waals surface area contributed by atoms with E-state index >= 15 is 0 Å². The van der Waals surface area contributed by atoms with E-state index in [0.29, 0.717) is 28.5 Å². The van der Waals surface area contributed by atoms with Gasteiger partial charge in [0.05, 0.1) is 18.5 Å². The Morgan fingerprint density at radius 2 is 2.04 bits per heavy atom. The van der Waals surface area contributed by atoms with E-state index in [2.05, 4.69) is 22.4 Å². The molecule has 0 aliphatic heterocycles. The van der Waals surface area contributed by atoms with Gasteiger partial charge >= 0.3 is 7.12 Å². The summed E-state index contributed by atoms with van der Waals surface area (Å²) >= 11 is 1.46. The van der Waals surface area contributed by atoms with Crippen molar-refractivity contribution >= 4 is 35.3 Å². The van der Waals surface area contributed by atoms with Crippen molar-refractivity contribution in [2.75, 3.05) is 12.0 Å². The van der Waals surface area contributed by atoms with Crippen molar-refractivity contribution < 1.29 is 14.8 Å². The van der Waals surface area contributed by atoms with E-state index in [4.69, 9.17) is 4.74 Å². The zero-order valence-corrected chi connectivity index (χ0v) is 16.4. The summed E-state index contributed by atoms with van der Waals surface area (Å²) in [7, 11) is -1.54. The lowest BCUT2D eigenvalue weighted by atomic mass is 9.79. The van der Waals surface area contributed by atoms with Gasteiger partial charge in [-0.15, -0.1) is 11.3 Å². The summed E-state index contributed by atoms with van der Waals surface area (Å²) < 4.78 is 5.78. The van der Waals surface area contributed by atoms with E-state index in [1.807, 2.05) is 35.7 Å². The highest BCUT2D eigenvalue weighted by Gasteiger charge is 2.13. The molecule has 144 valence electrons. The Bertz CT molecular complexity index is 916. The molecule has 0 spiro atoms. The van der Waals surface area contributed by atoms with E-state index in [1.165, 1.54) is 11.3 Å². The number of unbranched alkanes of at least 4 members (excludes halogenated alkanes) is 1. The van der Waals surface area contributed by atoms with Crippen LogP contribution >= 0.6 is 11.3 Å². The van der Waals surface area contributed by atoms with Crippen LogP contribution in [0.3, 0.4) is 0 Å². The minimum atomic E-state index is -1.54. The monoisotopic (exact) mass is 395 g/mol. The van der Waals surface area contributed by atoms with Gasteiger partial charge in [0.2, 0.25) is 5.13 Å². The molecule has 0 radical (unpaired) electrons. The number of aromatic nitrogens is 1. The van der Waals surface area contributed by atoms with Crippen LogP contribution in [-0.4, -0.2) is 35.0 Å². The van der Waals surface area contributed by atoms with E-state index in [9.17, 15) is 10.0 Å². The average molecular weight is 395 g/mol. The minimum absolute atomic E-state index is 0.380. The summed E-state index contributed by atoms with van der Waals surface area (Å²) in [5.41, 5.74) is 5.90. The molecule has 0 atom stereocenters. The third-order valence-electron chi connectivity index (χ3n) is 4.03. The Kier molecular flexibility index (Phi) is 7.19.